The Morgan fingerprint density at radius 3 is 2.84 bits per heavy atom. The Morgan fingerprint density at radius 1 is 1.47 bits per heavy atom. The zero-order chi connectivity index (χ0) is 14.0. The minimum atomic E-state index is -0.173. The van der Waals surface area contributed by atoms with Crippen LogP contribution >= 0.6 is 0 Å². The van der Waals surface area contributed by atoms with Gasteiger partial charge in [-0.1, -0.05) is 20.8 Å². The van der Waals surface area contributed by atoms with Crippen LogP contribution in [0.5, 0.6) is 0 Å². The van der Waals surface area contributed by atoms with Crippen LogP contribution in [-0.4, -0.2) is 33.1 Å². The Labute approximate surface area is 112 Å². The van der Waals surface area contributed by atoms with Crippen molar-refractivity contribution in [3.8, 4) is 0 Å². The van der Waals surface area contributed by atoms with Crippen LogP contribution in [-0.2, 0) is 0 Å². The molecule has 1 unspecified atom stereocenters. The summed E-state index contributed by atoms with van der Waals surface area (Å²) in [5.74, 6) is -0.173. The molecule has 1 amide bonds. The fourth-order valence-corrected chi connectivity index (χ4v) is 1.87. The van der Waals surface area contributed by atoms with Gasteiger partial charge in [0.15, 0.2) is 0 Å². The van der Waals surface area contributed by atoms with Gasteiger partial charge in [0.05, 0.1) is 23.5 Å². The predicted molar refractivity (Wildman–Crippen MR) is 72.8 cm³/mol. The largest absolute Gasteiger partial charge is 0.347 e. The molecule has 102 valence electrons. The summed E-state index contributed by atoms with van der Waals surface area (Å²) in [4.78, 5) is 16.3. The van der Waals surface area contributed by atoms with Crippen LogP contribution in [0, 0.1) is 5.41 Å². The first-order chi connectivity index (χ1) is 8.93. The number of amides is 1. The maximum absolute atomic E-state index is 12.3. The molecule has 0 bridgehead atoms. The van der Waals surface area contributed by atoms with Crippen LogP contribution < -0.4 is 11.1 Å². The predicted octanol–water partition coefficient (Wildman–Crippen LogP) is 0.833. The van der Waals surface area contributed by atoms with Gasteiger partial charge in [-0.25, -0.2) is 4.52 Å². The second-order valence-corrected chi connectivity index (χ2v) is 5.59. The van der Waals surface area contributed by atoms with Crippen molar-refractivity contribution in [2.75, 3.05) is 6.54 Å². The van der Waals surface area contributed by atoms with Gasteiger partial charge in [0.25, 0.3) is 5.91 Å². The lowest BCUT2D eigenvalue weighted by molar-refractivity contribution is 0.0907. The second kappa shape index (κ2) is 4.97. The lowest BCUT2D eigenvalue weighted by atomic mass is 9.86. The molecule has 6 heteroatoms. The number of nitrogens with two attached hydrogens (primary N) is 1. The van der Waals surface area contributed by atoms with Crippen molar-refractivity contribution in [2.45, 2.75) is 26.8 Å². The molecule has 0 aliphatic carbocycles. The van der Waals surface area contributed by atoms with E-state index in [1.807, 2.05) is 20.8 Å². The highest BCUT2D eigenvalue weighted by Crippen LogP contribution is 2.19. The van der Waals surface area contributed by atoms with Gasteiger partial charge in [0, 0.05) is 25.0 Å². The van der Waals surface area contributed by atoms with E-state index in [-0.39, 0.29) is 17.4 Å². The minimum Gasteiger partial charge on any atom is -0.347 e. The molecule has 0 aliphatic rings. The molecule has 2 aromatic rings. The average molecular weight is 261 g/mol. The third-order valence-electron chi connectivity index (χ3n) is 3.16. The molecule has 1 atom stereocenters. The first-order valence-electron chi connectivity index (χ1n) is 6.22. The van der Waals surface area contributed by atoms with E-state index in [9.17, 15) is 4.79 Å². The molecular weight excluding hydrogens is 242 g/mol. The van der Waals surface area contributed by atoms with Gasteiger partial charge in [0.1, 0.15) is 0 Å². The Hall–Kier alpha value is -1.95. The Balaban J connectivity index is 2.25. The summed E-state index contributed by atoms with van der Waals surface area (Å²) < 4.78 is 1.62. The quantitative estimate of drug-likeness (QED) is 0.857. The molecule has 0 saturated carbocycles. The van der Waals surface area contributed by atoms with Crippen LogP contribution in [0.25, 0.3) is 5.52 Å². The van der Waals surface area contributed by atoms with Crippen molar-refractivity contribution in [3.63, 3.8) is 0 Å². The Kier molecular flexibility index (Phi) is 3.53. The third kappa shape index (κ3) is 2.73. The van der Waals surface area contributed by atoms with Crippen LogP contribution in [0.4, 0.5) is 0 Å². The number of rotatable bonds is 3. The smallest absolute Gasteiger partial charge is 0.255 e. The van der Waals surface area contributed by atoms with Crippen molar-refractivity contribution < 1.29 is 4.79 Å². The van der Waals surface area contributed by atoms with Crippen LogP contribution in [0.2, 0.25) is 0 Å². The zero-order valence-corrected chi connectivity index (χ0v) is 11.4. The fourth-order valence-electron chi connectivity index (χ4n) is 1.87. The molecule has 0 aliphatic heterocycles. The highest BCUT2D eigenvalue weighted by molar-refractivity contribution is 6.00. The van der Waals surface area contributed by atoms with Gasteiger partial charge < -0.3 is 11.1 Å². The first-order valence-corrected chi connectivity index (χ1v) is 6.22. The topological polar surface area (TPSA) is 85.3 Å². The molecule has 0 spiro atoms. The van der Waals surface area contributed by atoms with Gasteiger partial charge in [-0.2, -0.15) is 5.10 Å². The van der Waals surface area contributed by atoms with E-state index >= 15 is 0 Å². The SMILES string of the molecule is CC(C)(C)C(CN)NC(=O)c1cnn2ccncc12. The molecule has 0 fully saturated rings. The Bertz CT molecular complexity index is 584. The molecule has 0 radical (unpaired) electrons. The molecule has 0 saturated heterocycles. The van der Waals surface area contributed by atoms with Crippen molar-refractivity contribution in [1.29, 1.82) is 0 Å². The minimum absolute atomic E-state index is 0.0911. The van der Waals surface area contributed by atoms with E-state index < -0.39 is 0 Å². The molecule has 6 nitrogen and oxygen atoms in total. The van der Waals surface area contributed by atoms with Crippen LogP contribution in [0.3, 0.4) is 0 Å². The number of carbonyl (C=O) groups excluding carboxylic acids is 1. The number of nitrogens with zero attached hydrogens (tertiary/aromatic N) is 3. The maximum atomic E-state index is 12.3. The fraction of sp³-hybridized carbons (Fsp3) is 0.462. The Morgan fingerprint density at radius 2 is 2.21 bits per heavy atom. The van der Waals surface area contributed by atoms with Gasteiger partial charge >= 0.3 is 0 Å². The van der Waals surface area contributed by atoms with Gasteiger partial charge in [0.2, 0.25) is 0 Å². The number of aromatic nitrogens is 3. The van der Waals surface area contributed by atoms with Gasteiger partial charge in [-0.15, -0.1) is 0 Å². The summed E-state index contributed by atoms with van der Waals surface area (Å²) in [6.45, 7) is 6.53. The normalized spacial score (nSPS) is 13.5. The van der Waals surface area contributed by atoms with E-state index in [0.29, 0.717) is 17.6 Å². The highest BCUT2D eigenvalue weighted by Gasteiger charge is 2.26. The van der Waals surface area contributed by atoms with Crippen LogP contribution in [0.1, 0.15) is 31.1 Å². The van der Waals surface area contributed by atoms with Gasteiger partial charge in [-0.05, 0) is 5.41 Å². The van der Waals surface area contributed by atoms with Crippen molar-refractivity contribution in [2.24, 2.45) is 11.1 Å². The number of nitrogens with one attached hydrogen (secondary N) is 1. The molecule has 2 rings (SSSR count). The zero-order valence-electron chi connectivity index (χ0n) is 11.4. The van der Waals surface area contributed by atoms with Crippen molar-refractivity contribution in [1.82, 2.24) is 19.9 Å². The van der Waals surface area contributed by atoms with Crippen molar-refractivity contribution >= 4 is 11.4 Å². The molecule has 0 aromatic carbocycles. The van der Waals surface area contributed by atoms with E-state index in [1.165, 1.54) is 0 Å². The lowest BCUT2D eigenvalue weighted by Gasteiger charge is -2.30. The standard InChI is InChI=1S/C13H19N5O/c1-13(2,3)11(6-14)17-12(19)9-7-16-18-5-4-15-8-10(9)18/h4-5,7-8,11H,6,14H2,1-3H3,(H,17,19). The number of fused-ring (bicyclic) bond motifs is 1. The molecule has 2 heterocycles. The highest BCUT2D eigenvalue weighted by atomic mass is 16.1. The third-order valence-corrected chi connectivity index (χ3v) is 3.16. The maximum Gasteiger partial charge on any atom is 0.255 e. The van der Waals surface area contributed by atoms with Crippen molar-refractivity contribution in [3.05, 3.63) is 30.4 Å². The second-order valence-electron chi connectivity index (χ2n) is 5.59. The molecule has 19 heavy (non-hydrogen) atoms. The summed E-state index contributed by atoms with van der Waals surface area (Å²) in [7, 11) is 0. The lowest BCUT2D eigenvalue weighted by Crippen LogP contribution is -2.48. The monoisotopic (exact) mass is 261 g/mol. The number of hydrogen-bond donors (Lipinski definition) is 2. The summed E-state index contributed by atoms with van der Waals surface area (Å²) >= 11 is 0. The van der Waals surface area contributed by atoms with Gasteiger partial charge in [-0.3, -0.25) is 9.78 Å². The van der Waals surface area contributed by atoms with E-state index in [1.54, 1.807) is 29.3 Å². The summed E-state index contributed by atoms with van der Waals surface area (Å²) in [6.07, 6.45) is 6.49. The number of carbonyl (C=O) groups is 1. The molecular formula is C13H19N5O. The van der Waals surface area contributed by atoms with Crippen LogP contribution in [0.15, 0.2) is 24.8 Å². The average Bonchev–Trinajstić information content (AvgIpc) is 2.78. The van der Waals surface area contributed by atoms with E-state index in [2.05, 4.69) is 15.4 Å². The van der Waals surface area contributed by atoms with E-state index in [4.69, 9.17) is 5.73 Å². The molecule has 3 N–H and O–H groups in total. The molecule has 2 aromatic heterocycles. The first kappa shape index (κ1) is 13.5. The summed E-state index contributed by atoms with van der Waals surface area (Å²) in [5, 5.41) is 7.08. The van der Waals surface area contributed by atoms with E-state index in [0.717, 1.165) is 0 Å². The summed E-state index contributed by atoms with van der Waals surface area (Å²) in [5.41, 5.74) is 6.83. The number of hydrogen-bond acceptors (Lipinski definition) is 4. The summed E-state index contributed by atoms with van der Waals surface area (Å²) in [6, 6.07) is -0.0911.